The van der Waals surface area contributed by atoms with E-state index in [1.165, 1.54) is 31.2 Å². The molecular weight excluding hydrogens is 1200 g/mol. The van der Waals surface area contributed by atoms with Crippen LogP contribution in [0.1, 0.15) is 95.4 Å². The van der Waals surface area contributed by atoms with Crippen LogP contribution < -0.4 is 59.7 Å². The first-order chi connectivity index (χ1) is 45.0. The fourth-order valence-corrected chi connectivity index (χ4v) is 11.3. The highest BCUT2D eigenvalue weighted by atomic mass is 16.4. The monoisotopic (exact) mass is 1290 g/mol. The molecule has 0 bridgehead atoms. The van der Waals surface area contributed by atoms with E-state index in [0.717, 1.165) is 38.3 Å². The average Bonchev–Trinajstić information content (AvgIpc) is 1.64. The van der Waals surface area contributed by atoms with Crippen molar-refractivity contribution in [1.29, 1.82) is 0 Å². The number of carboxylic acid groups (broad SMARTS) is 1. The summed E-state index contributed by atoms with van der Waals surface area (Å²) in [7, 11) is 0. The number of nitrogens with two attached hydrogens (primary N) is 3. The Hall–Kier alpha value is -9.63. The molecule has 0 saturated carbocycles. The fraction of sp³-hybridized carbons (Fsp3) is 0.426. The third-order valence-corrected chi connectivity index (χ3v) is 16.6. The number of carbonyl (C=O) groups is 9. The molecule has 0 aliphatic heterocycles. The second-order valence-corrected chi connectivity index (χ2v) is 24.6. The summed E-state index contributed by atoms with van der Waals surface area (Å²) < 4.78 is 0. The second kappa shape index (κ2) is 34.3. The van der Waals surface area contributed by atoms with Gasteiger partial charge in [-0.05, 0) is 129 Å². The molecule has 0 spiro atoms. The lowest BCUT2D eigenvalue weighted by Gasteiger charge is -2.30. The van der Waals surface area contributed by atoms with Gasteiger partial charge in [-0.3, -0.25) is 38.4 Å². The second-order valence-electron chi connectivity index (χ2n) is 24.6. The summed E-state index contributed by atoms with van der Waals surface area (Å²) in [5.41, 5.74) is 23.0. The van der Waals surface area contributed by atoms with Crippen LogP contribution in [-0.4, -0.2) is 157 Å². The number of fused-ring (bicyclic) bond motifs is 3. The Morgan fingerprint density at radius 3 is 1.22 bits per heavy atom. The van der Waals surface area contributed by atoms with Crippen molar-refractivity contribution in [3.8, 4) is 5.75 Å². The number of rotatable bonds is 36. The Bertz CT molecular complexity index is 3730. The SMILES string of the molecule is CC(C)[C@H](NC(=O)[C@H](CCCCN)NC(=O)[C@@H](NC(=O)[C@@H](N)Cc1c[nH]c2ccccc12)C(C)C)C(=O)N[C@@H](Cc1c[nH]c2ccccc12)C(=O)N[C@@H](CCCCN)C(=O)N[C@@H](Cc1ccc(O)cc1)C(=O)N[C@H](C(=O)N[C@@H](Cc1c[nH]c2ccccc12)C(=O)O)[C@@H](C)O. The number of aliphatic hydroxyl groups excluding tert-OH is 1. The summed E-state index contributed by atoms with van der Waals surface area (Å²) in [6.45, 7) is 8.57. The first kappa shape index (κ1) is 71.8. The number of benzene rings is 4. The summed E-state index contributed by atoms with van der Waals surface area (Å²) in [5, 5.41) is 55.4. The van der Waals surface area contributed by atoms with Gasteiger partial charge >= 0.3 is 5.97 Å². The van der Waals surface area contributed by atoms with E-state index < -0.39 is 126 Å². The predicted molar refractivity (Wildman–Crippen MR) is 356 cm³/mol. The molecule has 7 aromatic rings. The summed E-state index contributed by atoms with van der Waals surface area (Å²) in [4.78, 5) is 138. The number of hydrogen-bond acceptors (Lipinski definition) is 14. The number of amides is 8. The van der Waals surface area contributed by atoms with Crippen molar-refractivity contribution < 1.29 is 58.5 Å². The quantitative estimate of drug-likeness (QED) is 0.0251. The van der Waals surface area contributed by atoms with Crippen LogP contribution in [0.25, 0.3) is 32.7 Å². The normalized spacial score (nSPS) is 14.8. The van der Waals surface area contributed by atoms with E-state index in [1.807, 2.05) is 48.5 Å². The van der Waals surface area contributed by atoms with Crippen LogP contribution >= 0.6 is 0 Å². The van der Waals surface area contributed by atoms with Crippen LogP contribution in [0.4, 0.5) is 0 Å². The topological polar surface area (TPSA) is 436 Å². The molecule has 94 heavy (non-hydrogen) atoms. The Kier molecular flexibility index (Phi) is 26.2. The highest BCUT2D eigenvalue weighted by Gasteiger charge is 2.38. The molecule has 504 valence electrons. The molecule has 8 amide bonds. The highest BCUT2D eigenvalue weighted by Crippen LogP contribution is 2.23. The average molecular weight is 1300 g/mol. The van der Waals surface area contributed by atoms with Gasteiger partial charge in [-0.25, -0.2) is 4.79 Å². The number of aliphatic hydroxyl groups is 1. The van der Waals surface area contributed by atoms with Gasteiger partial charge in [-0.15, -0.1) is 0 Å². The number of aromatic nitrogens is 3. The molecular formula is C68H90N14O12. The van der Waals surface area contributed by atoms with Gasteiger partial charge in [0.05, 0.1) is 12.1 Å². The molecule has 26 nitrogen and oxygen atoms in total. The highest BCUT2D eigenvalue weighted by molar-refractivity contribution is 5.99. The molecule has 0 fully saturated rings. The van der Waals surface area contributed by atoms with Gasteiger partial charge in [0.2, 0.25) is 47.3 Å². The van der Waals surface area contributed by atoms with E-state index in [9.17, 15) is 53.7 Å². The van der Waals surface area contributed by atoms with Gasteiger partial charge < -0.3 is 90.0 Å². The van der Waals surface area contributed by atoms with E-state index in [-0.39, 0.29) is 50.8 Å². The van der Waals surface area contributed by atoms with E-state index in [2.05, 4.69) is 57.5 Å². The molecule has 10 atom stereocenters. The molecule has 0 saturated heterocycles. The third-order valence-electron chi connectivity index (χ3n) is 16.6. The number of H-pyrrole nitrogens is 3. The maximum absolute atomic E-state index is 15.0. The van der Waals surface area contributed by atoms with Gasteiger partial charge in [0.15, 0.2) is 0 Å². The lowest BCUT2D eigenvalue weighted by Crippen LogP contribution is -2.62. The fourth-order valence-electron chi connectivity index (χ4n) is 11.3. The zero-order valence-electron chi connectivity index (χ0n) is 53.6. The zero-order chi connectivity index (χ0) is 68.2. The Morgan fingerprint density at radius 1 is 0.415 bits per heavy atom. The summed E-state index contributed by atoms with van der Waals surface area (Å²) >= 11 is 0. The Labute approximate surface area is 544 Å². The van der Waals surface area contributed by atoms with Crippen molar-refractivity contribution >= 4 is 85.9 Å². The molecule has 4 aromatic carbocycles. The number of phenolic OH excluding ortho intramolecular Hbond substituents is 1. The molecule has 7 rings (SSSR count). The molecule has 20 N–H and O–H groups in total. The number of carboxylic acids is 1. The van der Waals surface area contributed by atoms with E-state index >= 15 is 4.79 Å². The number of aromatic hydroxyl groups is 1. The smallest absolute Gasteiger partial charge is 0.326 e. The minimum absolute atomic E-state index is 0.0249. The maximum Gasteiger partial charge on any atom is 0.326 e. The van der Waals surface area contributed by atoms with Gasteiger partial charge in [0.25, 0.3) is 0 Å². The summed E-state index contributed by atoms with van der Waals surface area (Å²) in [5.74, 6) is -9.01. The number of para-hydroxylation sites is 3. The van der Waals surface area contributed by atoms with Gasteiger partial charge in [-0.1, -0.05) is 94.4 Å². The Balaban J connectivity index is 1.10. The number of aromatic amines is 3. The molecule has 0 unspecified atom stereocenters. The van der Waals surface area contributed by atoms with Gasteiger partial charge in [0.1, 0.15) is 54.1 Å². The van der Waals surface area contributed by atoms with E-state index in [0.29, 0.717) is 48.9 Å². The van der Waals surface area contributed by atoms with Crippen molar-refractivity contribution in [2.45, 2.75) is 159 Å². The third kappa shape index (κ3) is 19.7. The lowest BCUT2D eigenvalue weighted by atomic mass is 9.98. The van der Waals surface area contributed by atoms with Gasteiger partial charge in [-0.2, -0.15) is 0 Å². The largest absolute Gasteiger partial charge is 0.508 e. The number of phenols is 1. The maximum atomic E-state index is 15.0. The molecule has 3 heterocycles. The number of nitrogens with one attached hydrogen (secondary N) is 11. The van der Waals surface area contributed by atoms with Crippen molar-refractivity contribution in [3.05, 3.63) is 138 Å². The van der Waals surface area contributed by atoms with Crippen LogP contribution in [-0.2, 0) is 68.8 Å². The molecule has 26 heteroatoms. The number of unbranched alkanes of at least 4 members (excludes halogenated alkanes) is 2. The minimum Gasteiger partial charge on any atom is -0.508 e. The molecule has 0 radical (unpaired) electrons. The van der Waals surface area contributed by atoms with Crippen LogP contribution in [0.5, 0.6) is 5.75 Å². The summed E-state index contributed by atoms with van der Waals surface area (Å²) in [6, 6.07) is 15.5. The zero-order valence-corrected chi connectivity index (χ0v) is 53.6. The first-order valence-electron chi connectivity index (χ1n) is 31.9. The van der Waals surface area contributed by atoms with Crippen LogP contribution in [0, 0.1) is 11.8 Å². The van der Waals surface area contributed by atoms with E-state index in [4.69, 9.17) is 17.2 Å². The lowest BCUT2D eigenvalue weighted by molar-refractivity contribution is -0.143. The minimum atomic E-state index is -1.74. The van der Waals surface area contributed by atoms with Crippen LogP contribution in [0.3, 0.4) is 0 Å². The standard InChI is InChI=1S/C68H90N14O12/c1-37(2)57(80-60(85)48(71)31-41-34-72-49-19-9-6-16-45(41)49)65(90)76-53(23-13-15-29-70)62(87)81-58(38(3)4)66(91)78-55(32-42-35-73-50-20-10-7-17-46(42)50)63(88)75-52(22-12-14-28-69)61(86)77-54(30-40-24-26-44(84)27-25-40)64(89)82-59(39(5)83)67(92)79-56(68(93)94)33-43-36-74-51-21-11-8-18-47(43)51/h6-11,16-21,24-27,34-39,48,52-59,72-74,83-84H,12-15,22-23,28-33,69-71H2,1-5H3,(H,75,88)(H,76,90)(H,77,86)(H,78,91)(H,79,92)(H,80,85)(H,81,87)(H,82,89)(H,93,94)/t39-,48+,52+,53+,54+,55+,56+,57+,58+,59+/m1/s1. The first-order valence-corrected chi connectivity index (χ1v) is 31.9. The summed E-state index contributed by atoms with van der Waals surface area (Å²) in [6.07, 6.45) is 4.82. The van der Waals surface area contributed by atoms with Crippen molar-refractivity contribution in [3.63, 3.8) is 0 Å². The van der Waals surface area contributed by atoms with Crippen LogP contribution in [0.2, 0.25) is 0 Å². The number of hydrogen-bond donors (Lipinski definition) is 17. The number of aliphatic carboxylic acids is 1. The van der Waals surface area contributed by atoms with Crippen molar-refractivity contribution in [2.75, 3.05) is 13.1 Å². The Morgan fingerprint density at radius 2 is 0.766 bits per heavy atom. The molecule has 0 aliphatic carbocycles. The van der Waals surface area contributed by atoms with Crippen molar-refractivity contribution in [1.82, 2.24) is 57.5 Å². The molecule has 0 aliphatic rings. The molecule has 3 aromatic heterocycles. The predicted octanol–water partition coefficient (Wildman–Crippen LogP) is 2.35. The van der Waals surface area contributed by atoms with Gasteiger partial charge in [0, 0.05) is 70.6 Å². The van der Waals surface area contributed by atoms with Crippen LogP contribution in [0.15, 0.2) is 116 Å². The number of carbonyl (C=O) groups excluding carboxylic acids is 8. The van der Waals surface area contributed by atoms with E-state index in [1.54, 1.807) is 70.6 Å². The van der Waals surface area contributed by atoms with Crippen molar-refractivity contribution in [2.24, 2.45) is 29.0 Å².